The van der Waals surface area contributed by atoms with E-state index in [-0.39, 0.29) is 11.8 Å². The number of rotatable bonds is 6. The Labute approximate surface area is 185 Å². The number of benzene rings is 1. The fourth-order valence-electron chi connectivity index (χ4n) is 4.41. The number of nitrogens with one attached hydrogen (secondary N) is 1. The molecule has 2 aromatic rings. The highest BCUT2D eigenvalue weighted by molar-refractivity contribution is 5.79. The fraction of sp³-hybridized carbons (Fsp3) is 0.542. The number of carbonyl (C=O) groups is 1. The number of hydrogen-bond acceptors (Lipinski definition) is 6. The lowest BCUT2D eigenvalue weighted by Crippen LogP contribution is -2.46. The van der Waals surface area contributed by atoms with Gasteiger partial charge in [-0.1, -0.05) is 31.2 Å². The summed E-state index contributed by atoms with van der Waals surface area (Å²) in [7, 11) is 2.16. The Balaban J connectivity index is 1.31. The Bertz CT molecular complexity index is 855. The van der Waals surface area contributed by atoms with Crippen molar-refractivity contribution < 1.29 is 4.79 Å². The van der Waals surface area contributed by atoms with Gasteiger partial charge in [0.05, 0.1) is 11.9 Å². The van der Waals surface area contributed by atoms with Crippen LogP contribution in [0.5, 0.6) is 0 Å². The van der Waals surface area contributed by atoms with Crippen molar-refractivity contribution in [3.8, 4) is 0 Å². The van der Waals surface area contributed by atoms with E-state index in [1.807, 2.05) is 6.20 Å². The molecule has 2 aliphatic heterocycles. The van der Waals surface area contributed by atoms with Gasteiger partial charge in [0.1, 0.15) is 6.33 Å². The minimum atomic E-state index is 0.0721. The first-order valence-electron chi connectivity index (χ1n) is 11.5. The van der Waals surface area contributed by atoms with Gasteiger partial charge in [0, 0.05) is 51.7 Å². The Morgan fingerprint density at radius 3 is 2.35 bits per heavy atom. The molecule has 0 spiro atoms. The number of amides is 1. The topological polar surface area (TPSA) is 64.6 Å². The Kier molecular flexibility index (Phi) is 7.02. The number of aromatic nitrogens is 2. The van der Waals surface area contributed by atoms with Gasteiger partial charge in [0.2, 0.25) is 5.91 Å². The van der Waals surface area contributed by atoms with Crippen LogP contribution in [0.25, 0.3) is 0 Å². The summed E-state index contributed by atoms with van der Waals surface area (Å²) in [4.78, 5) is 28.7. The van der Waals surface area contributed by atoms with E-state index in [0.29, 0.717) is 6.54 Å². The highest BCUT2D eigenvalue weighted by Crippen LogP contribution is 2.30. The fourth-order valence-corrected chi connectivity index (χ4v) is 4.41. The molecular weight excluding hydrogens is 388 g/mol. The third-order valence-electron chi connectivity index (χ3n) is 6.58. The van der Waals surface area contributed by atoms with Crippen molar-refractivity contribution in [3.63, 3.8) is 0 Å². The average Bonchev–Trinajstić information content (AvgIpc) is 2.83. The monoisotopic (exact) mass is 422 g/mol. The van der Waals surface area contributed by atoms with Gasteiger partial charge in [-0.3, -0.25) is 4.79 Å². The molecule has 31 heavy (non-hydrogen) atoms. The van der Waals surface area contributed by atoms with E-state index >= 15 is 0 Å². The zero-order chi connectivity index (χ0) is 21.6. The van der Waals surface area contributed by atoms with Crippen molar-refractivity contribution in [2.45, 2.75) is 32.7 Å². The van der Waals surface area contributed by atoms with Crippen molar-refractivity contribution in [1.82, 2.24) is 20.2 Å². The molecule has 0 unspecified atom stereocenters. The second-order valence-corrected chi connectivity index (χ2v) is 8.67. The number of likely N-dealkylation sites (N-methyl/N-ethyl adjacent to an activating group) is 1. The number of piperazine rings is 1. The second kappa shape index (κ2) is 10.1. The van der Waals surface area contributed by atoms with Crippen LogP contribution in [0.2, 0.25) is 0 Å². The van der Waals surface area contributed by atoms with E-state index in [0.717, 1.165) is 75.6 Å². The number of hydrogen-bond donors (Lipinski definition) is 1. The van der Waals surface area contributed by atoms with Crippen LogP contribution >= 0.6 is 0 Å². The molecule has 0 atom stereocenters. The zero-order valence-electron chi connectivity index (χ0n) is 18.8. The van der Waals surface area contributed by atoms with E-state index in [1.54, 1.807) is 6.33 Å². The first-order chi connectivity index (χ1) is 15.1. The maximum atomic E-state index is 12.7. The summed E-state index contributed by atoms with van der Waals surface area (Å²) in [6.07, 6.45) is 6.33. The Morgan fingerprint density at radius 2 is 1.68 bits per heavy atom. The molecule has 0 radical (unpaired) electrons. The minimum Gasteiger partial charge on any atom is -0.367 e. The maximum absolute atomic E-state index is 12.7. The lowest BCUT2D eigenvalue weighted by atomic mass is 9.95. The van der Waals surface area contributed by atoms with Gasteiger partial charge in [-0.25, -0.2) is 9.97 Å². The molecule has 3 heterocycles. The van der Waals surface area contributed by atoms with Gasteiger partial charge in [-0.05, 0) is 37.4 Å². The van der Waals surface area contributed by atoms with Crippen molar-refractivity contribution in [1.29, 1.82) is 0 Å². The van der Waals surface area contributed by atoms with Crippen molar-refractivity contribution >= 4 is 17.4 Å². The van der Waals surface area contributed by atoms with Crippen LogP contribution in [0.4, 0.5) is 11.5 Å². The van der Waals surface area contributed by atoms with Crippen LogP contribution < -0.4 is 15.1 Å². The summed E-state index contributed by atoms with van der Waals surface area (Å²) >= 11 is 0. The Morgan fingerprint density at radius 1 is 1.00 bits per heavy atom. The molecule has 4 rings (SSSR count). The van der Waals surface area contributed by atoms with Gasteiger partial charge in [0.25, 0.3) is 0 Å². The SMILES string of the molecule is CCc1ccc(CNC(=O)C2CCN(c3cncnc3N3CCN(C)CC3)CC2)cc1. The lowest BCUT2D eigenvalue weighted by molar-refractivity contribution is -0.125. The van der Waals surface area contributed by atoms with Crippen LogP contribution in [0.3, 0.4) is 0 Å². The summed E-state index contributed by atoms with van der Waals surface area (Å²) in [5.41, 5.74) is 3.58. The number of carbonyl (C=O) groups excluding carboxylic acids is 1. The summed E-state index contributed by atoms with van der Waals surface area (Å²) in [5, 5.41) is 3.13. The Hall–Kier alpha value is -2.67. The summed E-state index contributed by atoms with van der Waals surface area (Å²) in [6, 6.07) is 8.49. The molecule has 0 aliphatic carbocycles. The molecule has 7 nitrogen and oxygen atoms in total. The molecule has 7 heteroatoms. The van der Waals surface area contributed by atoms with Gasteiger partial charge in [0.15, 0.2) is 5.82 Å². The van der Waals surface area contributed by atoms with Crippen LogP contribution in [-0.2, 0) is 17.8 Å². The zero-order valence-corrected chi connectivity index (χ0v) is 18.8. The molecule has 0 saturated carbocycles. The number of aryl methyl sites for hydroxylation is 1. The van der Waals surface area contributed by atoms with E-state index in [2.05, 4.69) is 68.2 Å². The van der Waals surface area contributed by atoms with E-state index in [9.17, 15) is 4.79 Å². The van der Waals surface area contributed by atoms with Gasteiger partial charge >= 0.3 is 0 Å². The van der Waals surface area contributed by atoms with E-state index < -0.39 is 0 Å². The summed E-state index contributed by atoms with van der Waals surface area (Å²) in [6.45, 7) is 8.54. The highest BCUT2D eigenvalue weighted by Gasteiger charge is 2.28. The quantitative estimate of drug-likeness (QED) is 0.771. The molecule has 1 amide bonds. The second-order valence-electron chi connectivity index (χ2n) is 8.67. The minimum absolute atomic E-state index is 0.0721. The number of nitrogens with zero attached hydrogens (tertiary/aromatic N) is 5. The van der Waals surface area contributed by atoms with Gasteiger partial charge in [-0.15, -0.1) is 0 Å². The standard InChI is InChI=1S/C24H34N6O/c1-3-19-4-6-20(7-5-19)16-26-24(31)21-8-10-29(11-9-21)22-17-25-18-27-23(22)30-14-12-28(2)13-15-30/h4-7,17-18,21H,3,8-16H2,1-2H3,(H,26,31). The largest absolute Gasteiger partial charge is 0.367 e. The molecule has 2 aliphatic rings. The predicted octanol–water partition coefficient (Wildman–Crippen LogP) is 2.32. The molecule has 166 valence electrons. The normalized spacial score (nSPS) is 18.3. The van der Waals surface area contributed by atoms with Crippen molar-refractivity contribution in [2.75, 3.05) is 56.1 Å². The summed E-state index contributed by atoms with van der Waals surface area (Å²) in [5.74, 6) is 1.27. The highest BCUT2D eigenvalue weighted by atomic mass is 16.1. The number of piperidine rings is 1. The van der Waals surface area contributed by atoms with E-state index in [4.69, 9.17) is 0 Å². The molecule has 1 aromatic carbocycles. The lowest BCUT2D eigenvalue weighted by Gasteiger charge is -2.38. The van der Waals surface area contributed by atoms with Crippen molar-refractivity contribution in [3.05, 3.63) is 47.9 Å². The first kappa shape index (κ1) is 21.6. The summed E-state index contributed by atoms with van der Waals surface area (Å²) < 4.78 is 0. The predicted molar refractivity (Wildman–Crippen MR) is 124 cm³/mol. The number of anilines is 2. The third-order valence-corrected chi connectivity index (χ3v) is 6.58. The average molecular weight is 423 g/mol. The molecule has 1 N–H and O–H groups in total. The molecular formula is C24H34N6O. The van der Waals surface area contributed by atoms with Crippen LogP contribution in [0, 0.1) is 5.92 Å². The molecule has 2 saturated heterocycles. The van der Waals surface area contributed by atoms with Gasteiger partial charge < -0.3 is 20.0 Å². The maximum Gasteiger partial charge on any atom is 0.223 e. The molecule has 0 bridgehead atoms. The van der Waals surface area contributed by atoms with Crippen LogP contribution in [0.15, 0.2) is 36.8 Å². The molecule has 2 fully saturated rings. The van der Waals surface area contributed by atoms with Crippen LogP contribution in [-0.4, -0.2) is 67.1 Å². The van der Waals surface area contributed by atoms with Gasteiger partial charge in [-0.2, -0.15) is 0 Å². The smallest absolute Gasteiger partial charge is 0.223 e. The van der Waals surface area contributed by atoms with Crippen molar-refractivity contribution in [2.24, 2.45) is 5.92 Å². The van der Waals surface area contributed by atoms with Crippen LogP contribution in [0.1, 0.15) is 30.9 Å². The molecule has 1 aromatic heterocycles. The third kappa shape index (κ3) is 5.34. The van der Waals surface area contributed by atoms with E-state index in [1.165, 1.54) is 5.56 Å². The first-order valence-corrected chi connectivity index (χ1v) is 11.5.